The predicted octanol–water partition coefficient (Wildman–Crippen LogP) is -0.494. The van der Waals surface area contributed by atoms with Crippen LogP contribution in [-0.2, 0) is 4.79 Å². The second-order valence-electron chi connectivity index (χ2n) is 4.47. The smallest absolute Gasteiger partial charge is 0.336 e. The van der Waals surface area contributed by atoms with Crippen LogP contribution in [0, 0.1) is 0 Å². The molecule has 5 nitrogen and oxygen atoms in total. The first kappa shape index (κ1) is 12.4. The number of likely N-dealkylation sites (N-methyl/N-ethyl adjacent to an activating group) is 1. The third-order valence-corrected chi connectivity index (χ3v) is 2.74. The molecule has 88 valence electrons. The Morgan fingerprint density at radius 1 is 1.60 bits per heavy atom. The van der Waals surface area contributed by atoms with Gasteiger partial charge >= 0.3 is 5.97 Å². The van der Waals surface area contributed by atoms with Crippen LogP contribution < -0.4 is 5.32 Å². The Labute approximate surface area is 90.1 Å². The van der Waals surface area contributed by atoms with Crippen molar-refractivity contribution in [2.24, 2.45) is 0 Å². The summed E-state index contributed by atoms with van der Waals surface area (Å²) in [4.78, 5) is 12.8. The van der Waals surface area contributed by atoms with Crippen LogP contribution in [0.25, 0.3) is 0 Å². The number of carboxylic acids is 1. The molecule has 0 aromatic carbocycles. The molecule has 15 heavy (non-hydrogen) atoms. The van der Waals surface area contributed by atoms with E-state index < -0.39 is 11.6 Å². The van der Waals surface area contributed by atoms with Gasteiger partial charge < -0.3 is 20.4 Å². The van der Waals surface area contributed by atoms with Gasteiger partial charge in [-0.05, 0) is 26.8 Å². The summed E-state index contributed by atoms with van der Waals surface area (Å²) in [6, 6.07) is 0.715. The maximum Gasteiger partial charge on any atom is 0.336 e. The van der Waals surface area contributed by atoms with Crippen molar-refractivity contribution in [2.75, 3.05) is 26.7 Å². The van der Waals surface area contributed by atoms with Crippen LogP contribution in [0.5, 0.6) is 0 Å². The highest BCUT2D eigenvalue weighted by molar-refractivity contribution is 5.76. The van der Waals surface area contributed by atoms with Crippen LogP contribution in [0.3, 0.4) is 0 Å². The van der Waals surface area contributed by atoms with Gasteiger partial charge in [-0.3, -0.25) is 0 Å². The molecule has 3 N–H and O–H groups in total. The van der Waals surface area contributed by atoms with Crippen LogP contribution in [0.4, 0.5) is 0 Å². The van der Waals surface area contributed by atoms with Crippen molar-refractivity contribution in [3.05, 3.63) is 0 Å². The molecule has 0 amide bonds. The Morgan fingerprint density at radius 3 is 2.67 bits per heavy atom. The van der Waals surface area contributed by atoms with Crippen molar-refractivity contribution in [2.45, 2.75) is 31.4 Å². The highest BCUT2D eigenvalue weighted by Gasteiger charge is 2.29. The first-order valence-corrected chi connectivity index (χ1v) is 5.30. The molecule has 0 spiro atoms. The molecule has 1 saturated carbocycles. The van der Waals surface area contributed by atoms with Crippen molar-refractivity contribution in [3.63, 3.8) is 0 Å². The zero-order chi connectivity index (χ0) is 11.5. The van der Waals surface area contributed by atoms with Gasteiger partial charge in [0.25, 0.3) is 0 Å². The van der Waals surface area contributed by atoms with E-state index in [1.54, 1.807) is 0 Å². The number of carbonyl (C=O) groups is 1. The van der Waals surface area contributed by atoms with E-state index in [0.717, 1.165) is 6.54 Å². The number of rotatable bonds is 7. The topological polar surface area (TPSA) is 72.8 Å². The van der Waals surface area contributed by atoms with Crippen molar-refractivity contribution in [3.8, 4) is 0 Å². The average Bonchev–Trinajstić information content (AvgIpc) is 2.94. The summed E-state index contributed by atoms with van der Waals surface area (Å²) >= 11 is 0. The Bertz CT molecular complexity index is 227. The Kier molecular flexibility index (Phi) is 4.07. The van der Waals surface area contributed by atoms with E-state index in [4.69, 9.17) is 5.11 Å². The highest BCUT2D eigenvalue weighted by Crippen LogP contribution is 2.24. The fraction of sp³-hybridized carbons (Fsp3) is 0.900. The van der Waals surface area contributed by atoms with Crippen molar-refractivity contribution in [1.29, 1.82) is 0 Å². The number of aliphatic hydroxyl groups is 1. The quantitative estimate of drug-likeness (QED) is 0.501. The molecule has 0 aliphatic heterocycles. The van der Waals surface area contributed by atoms with Gasteiger partial charge in [0.15, 0.2) is 5.60 Å². The molecule has 5 heteroatoms. The highest BCUT2D eigenvalue weighted by atomic mass is 16.4. The summed E-state index contributed by atoms with van der Waals surface area (Å²) in [7, 11) is 2.06. The Balaban J connectivity index is 2.07. The van der Waals surface area contributed by atoms with E-state index in [1.807, 2.05) is 0 Å². The first-order chi connectivity index (χ1) is 6.93. The SMILES string of the molecule is CN(CCNCC(C)(O)C(=O)O)C1CC1. The summed E-state index contributed by atoms with van der Waals surface area (Å²) in [6.45, 7) is 2.98. The maximum absolute atomic E-state index is 10.6. The van der Waals surface area contributed by atoms with E-state index in [-0.39, 0.29) is 6.54 Å². The summed E-state index contributed by atoms with van der Waals surface area (Å²) < 4.78 is 0. The van der Waals surface area contributed by atoms with Gasteiger partial charge in [-0.25, -0.2) is 4.79 Å². The zero-order valence-corrected chi connectivity index (χ0v) is 9.36. The molecule has 0 aromatic heterocycles. The zero-order valence-electron chi connectivity index (χ0n) is 9.36. The van der Waals surface area contributed by atoms with Gasteiger partial charge in [-0.15, -0.1) is 0 Å². The Hall–Kier alpha value is -0.650. The molecule has 1 aliphatic rings. The van der Waals surface area contributed by atoms with E-state index in [2.05, 4.69) is 17.3 Å². The van der Waals surface area contributed by atoms with Crippen molar-refractivity contribution >= 4 is 5.97 Å². The van der Waals surface area contributed by atoms with Gasteiger partial charge in [0.2, 0.25) is 0 Å². The normalized spacial score (nSPS) is 20.3. The fourth-order valence-corrected chi connectivity index (χ4v) is 1.36. The molecule has 0 heterocycles. The number of nitrogens with zero attached hydrogens (tertiary/aromatic N) is 1. The first-order valence-electron chi connectivity index (χ1n) is 5.30. The molecule has 0 bridgehead atoms. The van der Waals surface area contributed by atoms with Crippen molar-refractivity contribution in [1.82, 2.24) is 10.2 Å². The van der Waals surface area contributed by atoms with Crippen LogP contribution >= 0.6 is 0 Å². The van der Waals surface area contributed by atoms with Crippen LogP contribution in [0.2, 0.25) is 0 Å². The van der Waals surface area contributed by atoms with Crippen molar-refractivity contribution < 1.29 is 15.0 Å². The molecule has 0 aromatic rings. The van der Waals surface area contributed by atoms with Gasteiger partial charge in [0.05, 0.1) is 0 Å². The second-order valence-corrected chi connectivity index (χ2v) is 4.47. The molecular weight excluding hydrogens is 196 g/mol. The van der Waals surface area contributed by atoms with Gasteiger partial charge in [-0.2, -0.15) is 0 Å². The molecule has 0 saturated heterocycles. The lowest BCUT2D eigenvalue weighted by Gasteiger charge is -2.20. The van der Waals surface area contributed by atoms with Gasteiger partial charge in [0, 0.05) is 25.7 Å². The lowest BCUT2D eigenvalue weighted by molar-refractivity contribution is -0.156. The number of nitrogens with one attached hydrogen (secondary N) is 1. The van der Waals surface area contributed by atoms with E-state index >= 15 is 0 Å². The number of carboxylic acid groups (broad SMARTS) is 1. The number of hydrogen-bond acceptors (Lipinski definition) is 4. The van der Waals surface area contributed by atoms with Crippen LogP contribution in [0.1, 0.15) is 19.8 Å². The van der Waals surface area contributed by atoms with E-state index in [1.165, 1.54) is 19.8 Å². The number of aliphatic carboxylic acids is 1. The minimum Gasteiger partial charge on any atom is -0.479 e. The maximum atomic E-state index is 10.6. The third-order valence-electron chi connectivity index (χ3n) is 2.74. The second kappa shape index (κ2) is 4.92. The molecule has 1 rings (SSSR count). The van der Waals surface area contributed by atoms with Gasteiger partial charge in [0.1, 0.15) is 0 Å². The molecule has 1 fully saturated rings. The summed E-state index contributed by atoms with van der Waals surface area (Å²) in [5.74, 6) is -1.19. The van der Waals surface area contributed by atoms with Gasteiger partial charge in [-0.1, -0.05) is 0 Å². The summed E-state index contributed by atoms with van der Waals surface area (Å²) in [6.07, 6.45) is 2.53. The van der Waals surface area contributed by atoms with E-state index in [0.29, 0.717) is 12.6 Å². The summed E-state index contributed by atoms with van der Waals surface area (Å²) in [5, 5.41) is 21.0. The minimum absolute atomic E-state index is 0.0842. The Morgan fingerprint density at radius 2 is 2.20 bits per heavy atom. The largest absolute Gasteiger partial charge is 0.479 e. The standard InChI is InChI=1S/C10H20N2O3/c1-10(15,9(13)14)7-11-5-6-12(2)8-3-4-8/h8,11,15H,3-7H2,1-2H3,(H,13,14). The predicted molar refractivity (Wildman–Crippen MR) is 56.8 cm³/mol. The third kappa shape index (κ3) is 4.15. The fourth-order valence-electron chi connectivity index (χ4n) is 1.36. The number of hydrogen-bond donors (Lipinski definition) is 3. The lowest BCUT2D eigenvalue weighted by Crippen LogP contribution is -2.46. The molecule has 0 radical (unpaired) electrons. The monoisotopic (exact) mass is 216 g/mol. The molecule has 1 unspecified atom stereocenters. The minimum atomic E-state index is -1.67. The lowest BCUT2D eigenvalue weighted by atomic mass is 10.1. The van der Waals surface area contributed by atoms with Crippen LogP contribution in [0.15, 0.2) is 0 Å². The molecule has 1 atom stereocenters. The van der Waals surface area contributed by atoms with E-state index in [9.17, 15) is 9.90 Å². The average molecular weight is 216 g/mol. The summed E-state index contributed by atoms with van der Waals surface area (Å²) in [5.41, 5.74) is -1.67. The van der Waals surface area contributed by atoms with Crippen LogP contribution in [-0.4, -0.2) is 59.4 Å². The molecule has 1 aliphatic carbocycles. The molecular formula is C10H20N2O3.